The first-order valence-electron chi connectivity index (χ1n) is 4.95. The predicted octanol–water partition coefficient (Wildman–Crippen LogP) is 1.01. The molecule has 1 saturated carbocycles. The Bertz CT molecular complexity index is 226. The molecule has 0 unspecified atom stereocenters. The molecule has 1 saturated heterocycles. The minimum atomic E-state index is -0.190. The summed E-state index contributed by atoms with van der Waals surface area (Å²) in [6.45, 7) is 2.13. The van der Waals surface area contributed by atoms with Gasteiger partial charge in [0.05, 0.1) is 19.3 Å². The highest BCUT2D eigenvalue weighted by Gasteiger charge is 2.41. The molecule has 0 bridgehead atoms. The van der Waals surface area contributed by atoms with Gasteiger partial charge in [-0.3, -0.25) is 0 Å². The average Bonchev–Trinajstić information content (AvgIpc) is 1.93. The molecule has 0 radical (unpaired) electrons. The number of ether oxygens (including phenoxy) is 1. The van der Waals surface area contributed by atoms with Crippen molar-refractivity contribution in [2.75, 3.05) is 26.8 Å². The van der Waals surface area contributed by atoms with Crippen LogP contribution in [0.3, 0.4) is 0 Å². The molecule has 3 nitrogen and oxygen atoms in total. The third-order valence-corrected chi connectivity index (χ3v) is 3.24. The second-order valence-electron chi connectivity index (χ2n) is 4.38. The number of nitrogens with zero attached hydrogens (tertiary/aromatic N) is 2. The van der Waals surface area contributed by atoms with Gasteiger partial charge >= 0.3 is 0 Å². The molecule has 72 valence electrons. The molecular weight excluding hydrogens is 164 g/mol. The van der Waals surface area contributed by atoms with Crippen molar-refractivity contribution >= 4 is 0 Å². The summed E-state index contributed by atoms with van der Waals surface area (Å²) in [4.78, 5) is 2.33. The minimum absolute atomic E-state index is 0.190. The predicted molar refractivity (Wildman–Crippen MR) is 49.1 cm³/mol. The fraction of sp³-hybridized carbons (Fsp3) is 0.900. The Labute approximate surface area is 79.3 Å². The lowest BCUT2D eigenvalue weighted by Crippen LogP contribution is -2.52. The first-order valence-corrected chi connectivity index (χ1v) is 4.95. The van der Waals surface area contributed by atoms with Crippen LogP contribution in [0.15, 0.2) is 0 Å². The van der Waals surface area contributed by atoms with Gasteiger partial charge in [-0.05, 0) is 19.9 Å². The molecule has 1 aliphatic carbocycles. The van der Waals surface area contributed by atoms with E-state index >= 15 is 0 Å². The van der Waals surface area contributed by atoms with Crippen LogP contribution in [0, 0.1) is 16.7 Å². The molecular formula is C10H16N2O. The Balaban J connectivity index is 1.85. The van der Waals surface area contributed by atoms with Crippen molar-refractivity contribution in [2.45, 2.75) is 25.3 Å². The maximum atomic E-state index is 9.00. The van der Waals surface area contributed by atoms with Gasteiger partial charge in [-0.25, -0.2) is 0 Å². The summed E-state index contributed by atoms with van der Waals surface area (Å²) in [5.41, 5.74) is -0.190. The van der Waals surface area contributed by atoms with E-state index in [9.17, 15) is 0 Å². The Kier molecular flexibility index (Phi) is 2.27. The van der Waals surface area contributed by atoms with Crippen LogP contribution in [0.25, 0.3) is 0 Å². The normalized spacial score (nSPS) is 26.2. The van der Waals surface area contributed by atoms with Crippen molar-refractivity contribution in [1.29, 1.82) is 5.26 Å². The summed E-state index contributed by atoms with van der Waals surface area (Å²) in [6.07, 6.45) is 3.96. The molecule has 13 heavy (non-hydrogen) atoms. The van der Waals surface area contributed by atoms with Crippen molar-refractivity contribution in [1.82, 2.24) is 4.90 Å². The quantitative estimate of drug-likeness (QED) is 0.650. The monoisotopic (exact) mass is 180 g/mol. The Morgan fingerprint density at radius 3 is 2.54 bits per heavy atom. The molecule has 2 aliphatic rings. The highest BCUT2D eigenvalue weighted by atomic mass is 16.5. The zero-order valence-corrected chi connectivity index (χ0v) is 8.12. The van der Waals surface area contributed by atoms with Crippen molar-refractivity contribution in [3.05, 3.63) is 0 Å². The van der Waals surface area contributed by atoms with Crippen LogP contribution in [-0.2, 0) is 4.74 Å². The first kappa shape index (κ1) is 8.98. The topological polar surface area (TPSA) is 36.3 Å². The fourth-order valence-electron chi connectivity index (χ4n) is 1.97. The molecule has 0 aromatic carbocycles. The molecule has 0 aromatic rings. The van der Waals surface area contributed by atoms with Crippen LogP contribution in [0.4, 0.5) is 0 Å². The number of hydrogen-bond acceptors (Lipinski definition) is 3. The highest BCUT2D eigenvalue weighted by Crippen LogP contribution is 2.31. The molecule has 2 fully saturated rings. The Hall–Kier alpha value is -0.590. The largest absolute Gasteiger partial charge is 0.378 e. The lowest BCUT2D eigenvalue weighted by atomic mass is 9.84. The minimum Gasteiger partial charge on any atom is -0.378 e. The van der Waals surface area contributed by atoms with Crippen molar-refractivity contribution in [2.24, 2.45) is 5.41 Å². The van der Waals surface area contributed by atoms with E-state index in [0.29, 0.717) is 13.2 Å². The summed E-state index contributed by atoms with van der Waals surface area (Å²) in [6, 6.07) is 3.11. The summed E-state index contributed by atoms with van der Waals surface area (Å²) < 4.78 is 5.11. The maximum Gasteiger partial charge on any atom is 0.116 e. The lowest BCUT2D eigenvalue weighted by molar-refractivity contribution is -0.0955. The molecule has 0 amide bonds. The van der Waals surface area contributed by atoms with Gasteiger partial charge in [0.1, 0.15) is 5.41 Å². The van der Waals surface area contributed by atoms with E-state index in [-0.39, 0.29) is 5.41 Å². The van der Waals surface area contributed by atoms with Gasteiger partial charge < -0.3 is 9.64 Å². The molecule has 0 atom stereocenters. The standard InChI is InChI=1S/C10H16N2O/c1-12(9-3-2-4-9)6-10(5-11)7-13-8-10/h9H,2-4,6-8H2,1H3. The van der Waals surface area contributed by atoms with Gasteiger partial charge in [0.2, 0.25) is 0 Å². The second-order valence-corrected chi connectivity index (χ2v) is 4.38. The van der Waals surface area contributed by atoms with E-state index in [1.165, 1.54) is 19.3 Å². The lowest BCUT2D eigenvalue weighted by Gasteiger charge is -2.42. The molecule has 2 rings (SSSR count). The van der Waals surface area contributed by atoms with Crippen LogP contribution < -0.4 is 0 Å². The average molecular weight is 180 g/mol. The Morgan fingerprint density at radius 2 is 2.23 bits per heavy atom. The van der Waals surface area contributed by atoms with Crippen molar-refractivity contribution in [3.8, 4) is 6.07 Å². The van der Waals surface area contributed by atoms with Crippen LogP contribution in [0.5, 0.6) is 0 Å². The summed E-state index contributed by atoms with van der Waals surface area (Å²) in [5.74, 6) is 0. The first-order chi connectivity index (χ1) is 6.26. The van der Waals surface area contributed by atoms with Gasteiger partial charge in [-0.15, -0.1) is 0 Å². The van der Waals surface area contributed by atoms with E-state index in [0.717, 1.165) is 12.6 Å². The van der Waals surface area contributed by atoms with Crippen LogP contribution in [0.1, 0.15) is 19.3 Å². The second kappa shape index (κ2) is 3.28. The van der Waals surface area contributed by atoms with Gasteiger partial charge in [0.25, 0.3) is 0 Å². The van der Waals surface area contributed by atoms with Crippen LogP contribution in [0.2, 0.25) is 0 Å². The van der Waals surface area contributed by atoms with E-state index < -0.39 is 0 Å². The molecule has 1 heterocycles. The molecule has 0 aromatic heterocycles. The van der Waals surface area contributed by atoms with Gasteiger partial charge in [-0.2, -0.15) is 5.26 Å². The molecule has 3 heteroatoms. The maximum absolute atomic E-state index is 9.00. The molecule has 0 spiro atoms. The van der Waals surface area contributed by atoms with Gasteiger partial charge in [0, 0.05) is 12.6 Å². The van der Waals surface area contributed by atoms with Gasteiger partial charge in [-0.1, -0.05) is 6.42 Å². The van der Waals surface area contributed by atoms with E-state index in [4.69, 9.17) is 10.00 Å². The van der Waals surface area contributed by atoms with E-state index in [1.807, 2.05) is 0 Å². The number of nitriles is 1. The zero-order chi connectivity index (χ0) is 9.31. The van der Waals surface area contributed by atoms with Crippen molar-refractivity contribution < 1.29 is 4.74 Å². The third kappa shape index (κ3) is 1.56. The molecule has 1 aliphatic heterocycles. The van der Waals surface area contributed by atoms with Crippen LogP contribution in [-0.4, -0.2) is 37.7 Å². The smallest absolute Gasteiger partial charge is 0.116 e. The fourth-order valence-corrected chi connectivity index (χ4v) is 1.97. The summed E-state index contributed by atoms with van der Waals surface area (Å²) >= 11 is 0. The summed E-state index contributed by atoms with van der Waals surface area (Å²) in [7, 11) is 2.13. The van der Waals surface area contributed by atoms with Crippen molar-refractivity contribution in [3.63, 3.8) is 0 Å². The van der Waals surface area contributed by atoms with E-state index in [2.05, 4.69) is 18.0 Å². The van der Waals surface area contributed by atoms with Gasteiger partial charge in [0.15, 0.2) is 0 Å². The Morgan fingerprint density at radius 1 is 1.54 bits per heavy atom. The molecule has 0 N–H and O–H groups in total. The number of rotatable bonds is 3. The van der Waals surface area contributed by atoms with E-state index in [1.54, 1.807) is 0 Å². The SMILES string of the molecule is CN(CC1(C#N)COC1)C1CCC1. The zero-order valence-electron chi connectivity index (χ0n) is 8.12. The number of hydrogen-bond donors (Lipinski definition) is 0. The van der Waals surface area contributed by atoms with Crippen LogP contribution >= 0.6 is 0 Å². The third-order valence-electron chi connectivity index (χ3n) is 3.24. The highest BCUT2D eigenvalue weighted by molar-refractivity contribution is 5.06. The summed E-state index contributed by atoms with van der Waals surface area (Å²) in [5, 5.41) is 9.00.